The van der Waals surface area contributed by atoms with Crippen molar-refractivity contribution in [1.82, 2.24) is 0 Å². The lowest BCUT2D eigenvalue weighted by Crippen LogP contribution is -2.13. The standard InChI is InChI=1S/C17H11F4NO2S2/c18-15-8-9-16(14-7-2-1-6-13(14)15)26(23,24)22-11-4-3-5-12(10-11)25-17(19,20)21/h1-10,22H. The first kappa shape index (κ1) is 18.5. The zero-order valence-electron chi connectivity index (χ0n) is 12.9. The fourth-order valence-corrected chi connectivity index (χ4v) is 4.30. The van der Waals surface area contributed by atoms with Gasteiger partial charge in [-0.15, -0.1) is 0 Å². The van der Waals surface area contributed by atoms with Crippen molar-refractivity contribution < 1.29 is 26.0 Å². The molecule has 26 heavy (non-hydrogen) atoms. The third-order valence-corrected chi connectivity index (χ3v) is 5.60. The van der Waals surface area contributed by atoms with Gasteiger partial charge in [0, 0.05) is 21.4 Å². The van der Waals surface area contributed by atoms with Gasteiger partial charge in [-0.3, -0.25) is 4.72 Å². The van der Waals surface area contributed by atoms with E-state index in [1.807, 2.05) is 0 Å². The van der Waals surface area contributed by atoms with Crippen molar-refractivity contribution in [2.24, 2.45) is 0 Å². The third-order valence-electron chi connectivity index (χ3n) is 3.44. The van der Waals surface area contributed by atoms with Crippen LogP contribution in [0, 0.1) is 5.82 Å². The van der Waals surface area contributed by atoms with Crippen molar-refractivity contribution in [2.45, 2.75) is 15.3 Å². The number of anilines is 1. The summed E-state index contributed by atoms with van der Waals surface area (Å²) in [5.74, 6) is -0.567. The number of nitrogens with one attached hydrogen (secondary N) is 1. The molecule has 9 heteroatoms. The molecule has 3 rings (SSSR count). The van der Waals surface area contributed by atoms with E-state index >= 15 is 0 Å². The van der Waals surface area contributed by atoms with Gasteiger partial charge in [0.2, 0.25) is 0 Å². The molecule has 0 aromatic heterocycles. The zero-order valence-corrected chi connectivity index (χ0v) is 14.6. The highest BCUT2D eigenvalue weighted by Crippen LogP contribution is 2.38. The highest BCUT2D eigenvalue weighted by atomic mass is 32.2. The van der Waals surface area contributed by atoms with E-state index in [-0.39, 0.29) is 38.0 Å². The maximum Gasteiger partial charge on any atom is 0.446 e. The number of benzene rings is 3. The Kier molecular flexibility index (Phi) is 4.85. The maximum atomic E-state index is 13.9. The summed E-state index contributed by atoms with van der Waals surface area (Å²) in [4.78, 5) is -0.315. The quantitative estimate of drug-likeness (QED) is 0.471. The molecule has 0 spiro atoms. The summed E-state index contributed by atoms with van der Waals surface area (Å²) < 4.78 is 78.9. The molecule has 3 aromatic rings. The monoisotopic (exact) mass is 401 g/mol. The first-order valence-electron chi connectivity index (χ1n) is 7.22. The second kappa shape index (κ2) is 6.81. The summed E-state index contributed by atoms with van der Waals surface area (Å²) in [6.45, 7) is 0. The van der Waals surface area contributed by atoms with Crippen LogP contribution >= 0.6 is 11.8 Å². The van der Waals surface area contributed by atoms with E-state index in [9.17, 15) is 26.0 Å². The lowest BCUT2D eigenvalue weighted by atomic mass is 10.1. The van der Waals surface area contributed by atoms with Gasteiger partial charge in [0.15, 0.2) is 0 Å². The minimum Gasteiger partial charge on any atom is -0.280 e. The van der Waals surface area contributed by atoms with Crippen LogP contribution in [0.5, 0.6) is 0 Å². The Labute approximate surface area is 151 Å². The average molecular weight is 401 g/mol. The lowest BCUT2D eigenvalue weighted by Gasteiger charge is -2.12. The Hall–Kier alpha value is -2.26. The molecule has 0 heterocycles. The van der Waals surface area contributed by atoms with Crippen LogP contribution in [0.4, 0.5) is 23.2 Å². The summed E-state index contributed by atoms with van der Waals surface area (Å²) in [6.07, 6.45) is 0. The molecule has 0 saturated carbocycles. The van der Waals surface area contributed by atoms with E-state index in [4.69, 9.17) is 0 Å². The number of sulfonamides is 1. The van der Waals surface area contributed by atoms with Crippen LogP contribution in [0.1, 0.15) is 0 Å². The highest BCUT2D eigenvalue weighted by Gasteiger charge is 2.29. The van der Waals surface area contributed by atoms with E-state index in [1.165, 1.54) is 30.3 Å². The molecule has 0 aliphatic heterocycles. The van der Waals surface area contributed by atoms with Gasteiger partial charge in [-0.2, -0.15) is 13.2 Å². The molecule has 1 N–H and O–H groups in total. The number of thioether (sulfide) groups is 1. The summed E-state index contributed by atoms with van der Waals surface area (Å²) in [5.41, 5.74) is -4.50. The van der Waals surface area contributed by atoms with E-state index in [0.717, 1.165) is 18.2 Å². The predicted molar refractivity (Wildman–Crippen MR) is 93.1 cm³/mol. The van der Waals surface area contributed by atoms with Gasteiger partial charge in [0.25, 0.3) is 10.0 Å². The van der Waals surface area contributed by atoms with E-state index in [0.29, 0.717) is 0 Å². The summed E-state index contributed by atoms with van der Waals surface area (Å²) in [6, 6.07) is 13.2. The number of alkyl halides is 3. The summed E-state index contributed by atoms with van der Waals surface area (Å²) in [7, 11) is -4.12. The number of rotatable bonds is 4. The fourth-order valence-electron chi connectivity index (χ4n) is 2.44. The molecule has 0 aliphatic rings. The van der Waals surface area contributed by atoms with Crippen molar-refractivity contribution in [1.29, 1.82) is 0 Å². The molecule has 136 valence electrons. The lowest BCUT2D eigenvalue weighted by molar-refractivity contribution is -0.0328. The molecule has 0 atom stereocenters. The highest BCUT2D eigenvalue weighted by molar-refractivity contribution is 8.00. The summed E-state index contributed by atoms with van der Waals surface area (Å²) >= 11 is -0.343. The Morgan fingerprint density at radius 3 is 2.27 bits per heavy atom. The molecule has 0 saturated heterocycles. The average Bonchev–Trinajstić information content (AvgIpc) is 2.53. The number of fused-ring (bicyclic) bond motifs is 1. The largest absolute Gasteiger partial charge is 0.446 e. The van der Waals surface area contributed by atoms with Gasteiger partial charge in [0.05, 0.1) is 4.90 Å². The minimum absolute atomic E-state index is 0.0207. The van der Waals surface area contributed by atoms with Crippen molar-refractivity contribution in [3.8, 4) is 0 Å². The molecular weight excluding hydrogens is 390 g/mol. The van der Waals surface area contributed by atoms with Gasteiger partial charge in [-0.1, -0.05) is 30.3 Å². The Morgan fingerprint density at radius 2 is 1.58 bits per heavy atom. The van der Waals surface area contributed by atoms with Crippen LogP contribution in [0.2, 0.25) is 0 Å². The first-order valence-corrected chi connectivity index (χ1v) is 9.51. The van der Waals surface area contributed by atoms with Crippen LogP contribution < -0.4 is 4.72 Å². The molecule has 0 fully saturated rings. The van der Waals surface area contributed by atoms with Crippen LogP contribution in [0.3, 0.4) is 0 Å². The maximum absolute atomic E-state index is 13.9. The van der Waals surface area contributed by atoms with Crippen LogP contribution in [-0.4, -0.2) is 13.9 Å². The van der Waals surface area contributed by atoms with Crippen LogP contribution in [0.25, 0.3) is 10.8 Å². The van der Waals surface area contributed by atoms with Gasteiger partial charge >= 0.3 is 5.51 Å². The van der Waals surface area contributed by atoms with E-state index in [1.54, 1.807) is 12.1 Å². The second-order valence-corrected chi connectivity index (χ2v) is 8.06. The van der Waals surface area contributed by atoms with E-state index < -0.39 is 21.3 Å². The zero-order chi connectivity index (χ0) is 18.9. The SMILES string of the molecule is O=S(=O)(Nc1cccc(SC(F)(F)F)c1)c1ccc(F)c2ccccc12. The Balaban J connectivity index is 1.98. The van der Waals surface area contributed by atoms with E-state index in [2.05, 4.69) is 4.72 Å². The normalized spacial score (nSPS) is 12.3. The van der Waals surface area contributed by atoms with Gasteiger partial charge in [-0.05, 0) is 42.1 Å². The van der Waals surface area contributed by atoms with Crippen molar-refractivity contribution >= 4 is 38.2 Å². The second-order valence-electron chi connectivity index (χ2n) is 5.27. The van der Waals surface area contributed by atoms with Gasteiger partial charge < -0.3 is 0 Å². The minimum atomic E-state index is -4.48. The molecule has 0 unspecified atom stereocenters. The van der Waals surface area contributed by atoms with Crippen molar-refractivity contribution in [3.05, 3.63) is 66.5 Å². The van der Waals surface area contributed by atoms with Crippen molar-refractivity contribution in [2.75, 3.05) is 4.72 Å². The predicted octanol–water partition coefficient (Wildman–Crippen LogP) is 5.39. The number of halogens is 4. The first-order chi connectivity index (χ1) is 12.2. The van der Waals surface area contributed by atoms with Crippen LogP contribution in [-0.2, 0) is 10.0 Å². The van der Waals surface area contributed by atoms with Crippen molar-refractivity contribution in [3.63, 3.8) is 0 Å². The van der Waals surface area contributed by atoms with Crippen LogP contribution in [0.15, 0.2) is 70.5 Å². The molecule has 0 aliphatic carbocycles. The Morgan fingerprint density at radius 1 is 0.885 bits per heavy atom. The molecule has 0 amide bonds. The number of hydrogen-bond acceptors (Lipinski definition) is 3. The molecular formula is C17H11F4NO2S2. The molecule has 0 radical (unpaired) electrons. The number of hydrogen-bond donors (Lipinski definition) is 1. The smallest absolute Gasteiger partial charge is 0.280 e. The van der Waals surface area contributed by atoms with Gasteiger partial charge in [0.1, 0.15) is 5.82 Å². The Bertz CT molecular complexity index is 1070. The van der Waals surface area contributed by atoms with Gasteiger partial charge in [-0.25, -0.2) is 12.8 Å². The molecule has 3 aromatic carbocycles. The fraction of sp³-hybridized carbons (Fsp3) is 0.0588. The molecule has 0 bridgehead atoms. The summed E-state index contributed by atoms with van der Waals surface area (Å²) in [5, 5.41) is 0.317. The topological polar surface area (TPSA) is 46.2 Å². The molecule has 3 nitrogen and oxygen atoms in total. The third kappa shape index (κ3) is 4.10.